The Balaban J connectivity index is 3.39. The molecule has 0 bridgehead atoms. The van der Waals surface area contributed by atoms with Crippen LogP contribution in [0.3, 0.4) is 0 Å². The van der Waals surface area contributed by atoms with Gasteiger partial charge in [-0.2, -0.15) is 0 Å². The first-order valence-corrected chi connectivity index (χ1v) is 2.52. The Bertz CT molecular complexity index is 117. The summed E-state index contributed by atoms with van der Waals surface area (Å²) < 4.78 is 9.16. The molecule has 52 valence electrons. The van der Waals surface area contributed by atoms with Gasteiger partial charge in [-0.05, 0) is 0 Å². The molecule has 0 unspecified atom stereocenters. The summed E-state index contributed by atoms with van der Waals surface area (Å²) in [5.74, 6) is -0.0259. The van der Waals surface area contributed by atoms with E-state index < -0.39 is 0 Å². The molecule has 0 aromatic carbocycles. The van der Waals surface area contributed by atoms with Crippen molar-refractivity contribution in [2.45, 2.75) is 6.92 Å². The molecule has 3 nitrogen and oxygen atoms in total. The average molecular weight is 130 g/mol. The molecule has 0 aliphatic heterocycles. The van der Waals surface area contributed by atoms with Gasteiger partial charge in [0.2, 0.25) is 0 Å². The summed E-state index contributed by atoms with van der Waals surface area (Å²) in [7, 11) is 1.51. The van der Waals surface area contributed by atoms with E-state index in [2.05, 4.69) is 16.1 Å². The molecule has 9 heavy (non-hydrogen) atoms. The van der Waals surface area contributed by atoms with Crippen LogP contribution in [0.2, 0.25) is 0 Å². The molecule has 0 aromatic heterocycles. The topological polar surface area (TPSA) is 35.5 Å². The van der Waals surface area contributed by atoms with E-state index in [-0.39, 0.29) is 12.6 Å². The summed E-state index contributed by atoms with van der Waals surface area (Å²) in [5, 5.41) is 0. The molecule has 0 aliphatic rings. The fourth-order valence-corrected chi connectivity index (χ4v) is 0.394. The molecule has 0 radical (unpaired) electrons. The van der Waals surface area contributed by atoms with E-state index in [0.717, 1.165) is 0 Å². The number of hydrogen-bond acceptors (Lipinski definition) is 3. The summed E-state index contributed by atoms with van der Waals surface area (Å²) >= 11 is 0. The molecule has 0 fully saturated rings. The third kappa shape index (κ3) is 5.03. The highest BCUT2D eigenvalue weighted by atomic mass is 16.6. The predicted octanol–water partition coefficient (Wildman–Crippen LogP) is 0.710. The van der Waals surface area contributed by atoms with Crippen LogP contribution in [0.5, 0.6) is 0 Å². The van der Waals surface area contributed by atoms with E-state index in [1.54, 1.807) is 0 Å². The third-order valence-electron chi connectivity index (χ3n) is 0.593. The maximum absolute atomic E-state index is 10.2. The minimum atomic E-state index is -0.364. The van der Waals surface area contributed by atoms with E-state index in [0.29, 0.717) is 5.76 Å². The summed E-state index contributed by atoms with van der Waals surface area (Å²) in [6, 6.07) is 0. The molecule has 0 aromatic rings. The van der Waals surface area contributed by atoms with E-state index in [4.69, 9.17) is 0 Å². The number of carbonyl (C=O) groups is 1. The van der Waals surface area contributed by atoms with E-state index >= 15 is 0 Å². The van der Waals surface area contributed by atoms with E-state index in [1.807, 2.05) is 0 Å². The zero-order valence-electron chi connectivity index (χ0n) is 5.64. The Morgan fingerprint density at radius 1 is 1.67 bits per heavy atom. The summed E-state index contributed by atoms with van der Waals surface area (Å²) in [4.78, 5) is 10.2. The smallest absolute Gasteiger partial charge is 0.307 e. The van der Waals surface area contributed by atoms with Crippen molar-refractivity contribution in [3.8, 4) is 0 Å². The van der Waals surface area contributed by atoms with Gasteiger partial charge in [-0.25, -0.2) is 0 Å². The first-order chi connectivity index (χ1) is 4.16. The molecule has 0 atom stereocenters. The number of ether oxygens (including phenoxy) is 2. The van der Waals surface area contributed by atoms with Gasteiger partial charge in [0.1, 0.15) is 12.4 Å². The van der Waals surface area contributed by atoms with Crippen molar-refractivity contribution in [1.82, 2.24) is 0 Å². The molecule has 0 saturated heterocycles. The lowest BCUT2D eigenvalue weighted by molar-refractivity contribution is -0.137. The minimum Gasteiger partial charge on any atom is -0.429 e. The Kier molecular flexibility index (Phi) is 3.71. The monoisotopic (exact) mass is 130 g/mol. The van der Waals surface area contributed by atoms with Crippen LogP contribution in [0, 0.1) is 0 Å². The largest absolute Gasteiger partial charge is 0.429 e. The summed E-state index contributed by atoms with van der Waals surface area (Å²) in [5.41, 5.74) is 0. The van der Waals surface area contributed by atoms with E-state index in [1.165, 1.54) is 14.0 Å². The molecule has 0 heterocycles. The molecule has 3 heteroatoms. The molecular weight excluding hydrogens is 120 g/mol. The number of methoxy groups -OCH3 is 1. The first-order valence-electron chi connectivity index (χ1n) is 2.52. The zero-order valence-corrected chi connectivity index (χ0v) is 5.64. The Hall–Kier alpha value is -0.830. The highest BCUT2D eigenvalue weighted by Crippen LogP contribution is 1.92. The number of rotatable bonds is 3. The van der Waals surface area contributed by atoms with E-state index in [9.17, 15) is 4.79 Å². The van der Waals surface area contributed by atoms with Gasteiger partial charge < -0.3 is 9.47 Å². The molecule has 0 saturated carbocycles. The molecule has 0 N–H and O–H groups in total. The minimum absolute atomic E-state index is 0.263. The maximum Gasteiger partial charge on any atom is 0.307 e. The Labute approximate surface area is 54.3 Å². The van der Waals surface area contributed by atoms with Crippen LogP contribution in [-0.2, 0) is 14.3 Å². The second-order valence-electron chi connectivity index (χ2n) is 1.57. The average Bonchev–Trinajstić information content (AvgIpc) is 1.63. The van der Waals surface area contributed by atoms with Crippen LogP contribution in [-0.4, -0.2) is 19.7 Å². The van der Waals surface area contributed by atoms with Gasteiger partial charge in [-0.15, -0.1) is 0 Å². The van der Waals surface area contributed by atoms with Crippen molar-refractivity contribution < 1.29 is 14.3 Å². The van der Waals surface area contributed by atoms with Gasteiger partial charge in [0.25, 0.3) is 0 Å². The highest BCUT2D eigenvalue weighted by Gasteiger charge is 1.95. The first kappa shape index (κ1) is 8.17. The maximum atomic E-state index is 10.2. The van der Waals surface area contributed by atoms with Crippen molar-refractivity contribution in [2.75, 3.05) is 13.7 Å². The van der Waals surface area contributed by atoms with Gasteiger partial charge in [-0.3, -0.25) is 4.79 Å². The fraction of sp³-hybridized carbons (Fsp3) is 0.500. The lowest BCUT2D eigenvalue weighted by Crippen LogP contribution is -2.02. The normalized spacial score (nSPS) is 8.67. The molecular formula is C6H10O3. The standard InChI is InChI=1S/C6H10O3/c1-5(4-8-3)9-6(2)7/h1,4H2,2-3H3. The highest BCUT2D eigenvalue weighted by molar-refractivity contribution is 5.67. The van der Waals surface area contributed by atoms with Gasteiger partial charge in [-0.1, -0.05) is 6.58 Å². The van der Waals surface area contributed by atoms with Gasteiger partial charge in [0, 0.05) is 14.0 Å². The van der Waals surface area contributed by atoms with Crippen molar-refractivity contribution in [2.24, 2.45) is 0 Å². The molecule has 0 amide bonds. The lowest BCUT2D eigenvalue weighted by Gasteiger charge is -2.01. The van der Waals surface area contributed by atoms with Crippen molar-refractivity contribution in [3.63, 3.8) is 0 Å². The molecule has 0 aliphatic carbocycles. The quantitative estimate of drug-likeness (QED) is 0.417. The Morgan fingerprint density at radius 3 is 2.56 bits per heavy atom. The predicted molar refractivity (Wildman–Crippen MR) is 32.8 cm³/mol. The second kappa shape index (κ2) is 4.09. The van der Waals surface area contributed by atoms with Crippen molar-refractivity contribution in [3.05, 3.63) is 12.3 Å². The lowest BCUT2D eigenvalue weighted by atomic mass is 10.6. The van der Waals surface area contributed by atoms with Crippen LogP contribution < -0.4 is 0 Å². The van der Waals surface area contributed by atoms with Crippen LogP contribution in [0.4, 0.5) is 0 Å². The van der Waals surface area contributed by atoms with Gasteiger partial charge >= 0.3 is 5.97 Å². The van der Waals surface area contributed by atoms with Crippen LogP contribution in [0.25, 0.3) is 0 Å². The Morgan fingerprint density at radius 2 is 2.22 bits per heavy atom. The summed E-state index contributed by atoms with van der Waals surface area (Å²) in [6.07, 6.45) is 0. The van der Waals surface area contributed by atoms with Crippen LogP contribution >= 0.6 is 0 Å². The van der Waals surface area contributed by atoms with Crippen LogP contribution in [0.1, 0.15) is 6.92 Å². The number of hydrogen-bond donors (Lipinski definition) is 0. The SMILES string of the molecule is C=C(COC)OC(C)=O. The third-order valence-corrected chi connectivity index (χ3v) is 0.593. The molecule has 0 rings (SSSR count). The summed E-state index contributed by atoms with van der Waals surface area (Å²) in [6.45, 7) is 5.00. The molecule has 0 spiro atoms. The van der Waals surface area contributed by atoms with Gasteiger partial charge in [0.05, 0.1) is 0 Å². The van der Waals surface area contributed by atoms with Crippen LogP contribution in [0.15, 0.2) is 12.3 Å². The fourth-order valence-electron chi connectivity index (χ4n) is 0.394. The zero-order chi connectivity index (χ0) is 7.28. The number of esters is 1. The number of carbonyl (C=O) groups excluding carboxylic acids is 1. The van der Waals surface area contributed by atoms with Crippen molar-refractivity contribution in [1.29, 1.82) is 0 Å². The van der Waals surface area contributed by atoms with Gasteiger partial charge in [0.15, 0.2) is 0 Å². The van der Waals surface area contributed by atoms with Crippen molar-refractivity contribution >= 4 is 5.97 Å². The second-order valence-corrected chi connectivity index (χ2v) is 1.57.